The van der Waals surface area contributed by atoms with Gasteiger partial charge in [0, 0.05) is 6.42 Å². The molecular formula is C24H40O5. The number of hydrogen-bond donors (Lipinski definition) is 4. The molecule has 0 aliphatic heterocycles. The molecule has 0 spiro atoms. The first-order chi connectivity index (χ1) is 13.6. The van der Waals surface area contributed by atoms with Gasteiger partial charge in [0.15, 0.2) is 0 Å². The van der Waals surface area contributed by atoms with Crippen LogP contribution in [0.3, 0.4) is 0 Å². The number of rotatable bonds is 4. The van der Waals surface area contributed by atoms with Crippen LogP contribution in [0.2, 0.25) is 0 Å². The molecule has 5 heteroatoms. The van der Waals surface area contributed by atoms with Crippen molar-refractivity contribution in [3.8, 4) is 0 Å². The van der Waals surface area contributed by atoms with E-state index in [1.165, 1.54) is 0 Å². The van der Waals surface area contributed by atoms with Gasteiger partial charge in [-0.05, 0) is 97.7 Å². The summed E-state index contributed by atoms with van der Waals surface area (Å²) in [7, 11) is 0. The molecule has 5 nitrogen and oxygen atoms in total. The first-order valence-electron chi connectivity index (χ1n) is 11.9. The summed E-state index contributed by atoms with van der Waals surface area (Å²) in [4.78, 5) is 11.1. The van der Waals surface area contributed by atoms with Crippen molar-refractivity contribution < 1.29 is 25.2 Å². The van der Waals surface area contributed by atoms with Crippen LogP contribution in [0, 0.1) is 46.3 Å². The molecule has 166 valence electrons. The van der Waals surface area contributed by atoms with E-state index >= 15 is 0 Å². The van der Waals surface area contributed by atoms with Crippen LogP contribution in [0.1, 0.15) is 78.6 Å². The van der Waals surface area contributed by atoms with Crippen LogP contribution < -0.4 is 0 Å². The third kappa shape index (κ3) is 3.27. The fraction of sp³-hybridized carbons (Fsp3) is 0.958. The molecule has 0 bridgehead atoms. The molecule has 4 fully saturated rings. The third-order valence-corrected chi connectivity index (χ3v) is 10.3. The first kappa shape index (κ1) is 21.6. The third-order valence-electron chi connectivity index (χ3n) is 10.3. The van der Waals surface area contributed by atoms with Crippen molar-refractivity contribution in [3.05, 3.63) is 0 Å². The summed E-state index contributed by atoms with van der Waals surface area (Å²) < 4.78 is 0. The molecule has 0 amide bonds. The highest BCUT2D eigenvalue weighted by atomic mass is 16.4. The van der Waals surface area contributed by atoms with E-state index in [-0.39, 0.29) is 35.2 Å². The van der Waals surface area contributed by atoms with Crippen LogP contribution in [0.4, 0.5) is 0 Å². The largest absolute Gasteiger partial charge is 0.481 e. The van der Waals surface area contributed by atoms with Crippen molar-refractivity contribution in [1.82, 2.24) is 0 Å². The molecule has 4 N–H and O–H groups in total. The highest BCUT2D eigenvalue weighted by Gasteiger charge is 2.65. The normalized spacial score (nSPS) is 52.9. The fourth-order valence-corrected chi connectivity index (χ4v) is 8.77. The van der Waals surface area contributed by atoms with E-state index in [4.69, 9.17) is 5.11 Å². The van der Waals surface area contributed by atoms with Crippen LogP contribution >= 0.6 is 0 Å². The molecular weight excluding hydrogens is 368 g/mol. The Balaban J connectivity index is 1.59. The Morgan fingerprint density at radius 2 is 1.59 bits per heavy atom. The topological polar surface area (TPSA) is 98.0 Å². The second-order valence-electron chi connectivity index (χ2n) is 11.5. The highest BCUT2D eigenvalue weighted by molar-refractivity contribution is 5.66. The Hall–Kier alpha value is -0.650. The molecule has 4 rings (SSSR count). The Kier molecular flexibility index (Phi) is 5.57. The van der Waals surface area contributed by atoms with Gasteiger partial charge in [-0.15, -0.1) is 0 Å². The van der Waals surface area contributed by atoms with Gasteiger partial charge in [-0.2, -0.15) is 0 Å². The van der Waals surface area contributed by atoms with Crippen LogP contribution in [0.25, 0.3) is 0 Å². The quantitative estimate of drug-likeness (QED) is 0.571. The van der Waals surface area contributed by atoms with Crippen molar-refractivity contribution >= 4 is 5.97 Å². The van der Waals surface area contributed by atoms with Gasteiger partial charge in [-0.3, -0.25) is 4.79 Å². The smallest absolute Gasteiger partial charge is 0.303 e. The van der Waals surface area contributed by atoms with Gasteiger partial charge in [0.25, 0.3) is 0 Å². The van der Waals surface area contributed by atoms with Gasteiger partial charge >= 0.3 is 5.97 Å². The standard InChI is InChI=1S/C24H40O5/c1-13(4-7-19(26)27)15-5-6-16-20-17(9-11-23(15,16)2)24(3)10-8-14(25)12-18(24)21(28)22(20)29/h13-18,20-22,25,28-29H,4-12H2,1-3H3,(H,26,27)/t13-,14-,15-,16+,17+,18-,20+,21-,22-,23-,24-/m1/s1. The summed E-state index contributed by atoms with van der Waals surface area (Å²) in [6.07, 6.45) is 5.87. The predicted octanol–water partition coefficient (Wildman–Crippen LogP) is 3.45. The average molecular weight is 409 g/mol. The van der Waals surface area contributed by atoms with Gasteiger partial charge in [0.05, 0.1) is 18.3 Å². The Morgan fingerprint density at radius 3 is 2.28 bits per heavy atom. The molecule has 0 saturated heterocycles. The molecule has 0 aromatic rings. The van der Waals surface area contributed by atoms with Gasteiger partial charge in [0.1, 0.15) is 0 Å². The molecule has 29 heavy (non-hydrogen) atoms. The molecule has 4 aliphatic rings. The summed E-state index contributed by atoms with van der Waals surface area (Å²) >= 11 is 0. The molecule has 4 aliphatic carbocycles. The molecule has 0 unspecified atom stereocenters. The minimum atomic E-state index is -0.748. The van der Waals surface area contributed by atoms with Crippen LogP contribution in [-0.4, -0.2) is 44.7 Å². The average Bonchev–Trinajstić information content (AvgIpc) is 3.02. The summed E-state index contributed by atoms with van der Waals surface area (Å²) in [5.41, 5.74) is 0.119. The zero-order chi connectivity index (χ0) is 21.1. The van der Waals surface area contributed by atoms with E-state index < -0.39 is 18.2 Å². The maximum Gasteiger partial charge on any atom is 0.303 e. The van der Waals surface area contributed by atoms with Crippen molar-refractivity contribution in [3.63, 3.8) is 0 Å². The predicted molar refractivity (Wildman–Crippen MR) is 110 cm³/mol. The van der Waals surface area contributed by atoms with E-state index in [2.05, 4.69) is 20.8 Å². The van der Waals surface area contributed by atoms with E-state index in [0.717, 1.165) is 44.9 Å². The van der Waals surface area contributed by atoms with E-state index in [0.29, 0.717) is 30.1 Å². The lowest BCUT2D eigenvalue weighted by atomic mass is 9.43. The number of aliphatic carboxylic acids is 1. The molecule has 0 aromatic heterocycles. The molecule has 0 aromatic carbocycles. The summed E-state index contributed by atoms with van der Waals surface area (Å²) in [6, 6.07) is 0. The number of carboxylic acids is 1. The van der Waals surface area contributed by atoms with Crippen molar-refractivity contribution in [1.29, 1.82) is 0 Å². The number of aliphatic hydroxyl groups is 3. The SMILES string of the molecule is C[C@H](CCC(=O)O)[C@H]1CC[C@H]2[C@@H]3[C@@H](O)[C@H](O)[C@H]4C[C@H](O)CC[C@]4(C)[C@H]3CC[C@]12C. The monoisotopic (exact) mass is 408 g/mol. The fourth-order valence-electron chi connectivity index (χ4n) is 8.77. The van der Waals surface area contributed by atoms with Crippen molar-refractivity contribution in [2.45, 2.75) is 96.9 Å². The van der Waals surface area contributed by atoms with Gasteiger partial charge in [-0.1, -0.05) is 20.8 Å². The van der Waals surface area contributed by atoms with E-state index in [1.807, 2.05) is 0 Å². The Labute approximate surface area is 174 Å². The van der Waals surface area contributed by atoms with E-state index in [1.54, 1.807) is 0 Å². The number of carbonyl (C=O) groups is 1. The summed E-state index contributed by atoms with van der Waals surface area (Å²) in [5.74, 6) is 1.06. The van der Waals surface area contributed by atoms with Crippen LogP contribution in [-0.2, 0) is 4.79 Å². The molecule has 11 atom stereocenters. The second-order valence-corrected chi connectivity index (χ2v) is 11.5. The van der Waals surface area contributed by atoms with Crippen LogP contribution in [0.15, 0.2) is 0 Å². The zero-order valence-corrected chi connectivity index (χ0v) is 18.3. The minimum absolute atomic E-state index is 0.00309. The lowest BCUT2D eigenvalue weighted by Gasteiger charge is -2.63. The number of carboxylic acid groups (broad SMARTS) is 1. The number of hydrogen-bond acceptors (Lipinski definition) is 4. The number of fused-ring (bicyclic) bond motifs is 5. The zero-order valence-electron chi connectivity index (χ0n) is 18.3. The van der Waals surface area contributed by atoms with Gasteiger partial charge in [-0.25, -0.2) is 0 Å². The van der Waals surface area contributed by atoms with Gasteiger partial charge < -0.3 is 20.4 Å². The van der Waals surface area contributed by atoms with Crippen LogP contribution in [0.5, 0.6) is 0 Å². The molecule has 0 heterocycles. The maximum absolute atomic E-state index is 11.3. The molecule has 0 radical (unpaired) electrons. The lowest BCUT2D eigenvalue weighted by Crippen LogP contribution is -2.64. The number of aliphatic hydroxyl groups excluding tert-OH is 3. The summed E-state index contributed by atoms with van der Waals surface area (Å²) in [6.45, 7) is 6.89. The highest BCUT2D eigenvalue weighted by Crippen LogP contribution is 2.68. The van der Waals surface area contributed by atoms with E-state index in [9.17, 15) is 20.1 Å². The van der Waals surface area contributed by atoms with Gasteiger partial charge in [0.2, 0.25) is 0 Å². The second kappa shape index (κ2) is 7.49. The maximum atomic E-state index is 11.3. The molecule has 4 saturated carbocycles. The lowest BCUT2D eigenvalue weighted by molar-refractivity contribution is -0.223. The minimum Gasteiger partial charge on any atom is -0.481 e. The van der Waals surface area contributed by atoms with Crippen molar-refractivity contribution in [2.24, 2.45) is 46.3 Å². The van der Waals surface area contributed by atoms with Crippen molar-refractivity contribution in [2.75, 3.05) is 0 Å². The first-order valence-corrected chi connectivity index (χ1v) is 11.9. The summed E-state index contributed by atoms with van der Waals surface area (Å²) in [5, 5.41) is 41.7. The Bertz CT molecular complexity index is 637. The Morgan fingerprint density at radius 1 is 0.931 bits per heavy atom.